The van der Waals surface area contributed by atoms with E-state index in [0.717, 1.165) is 11.4 Å². The van der Waals surface area contributed by atoms with Crippen LogP contribution in [0, 0.1) is 0 Å². The van der Waals surface area contributed by atoms with Crippen LogP contribution < -0.4 is 10.3 Å². The van der Waals surface area contributed by atoms with Gasteiger partial charge < -0.3 is 5.32 Å². The molecule has 1 N–H and O–H groups in total. The van der Waals surface area contributed by atoms with Crippen molar-refractivity contribution in [1.82, 2.24) is 9.66 Å². The third-order valence-corrected chi connectivity index (χ3v) is 3.96. The smallest absolute Gasteiger partial charge is 0.0940 e. The summed E-state index contributed by atoms with van der Waals surface area (Å²) in [5.74, 6) is 0. The number of benzene rings is 1. The molecule has 3 aromatic rings. The van der Waals surface area contributed by atoms with Gasteiger partial charge in [-0.2, -0.15) is 0 Å². The van der Waals surface area contributed by atoms with Crippen LogP contribution in [0.3, 0.4) is 0 Å². The number of nitrogens with zero attached hydrogens (tertiary/aromatic N) is 3. The van der Waals surface area contributed by atoms with Crippen molar-refractivity contribution in [3.8, 4) is 0 Å². The number of anilines is 2. The molecule has 4 heteroatoms. The normalized spacial score (nSPS) is 16.6. The molecule has 0 amide bonds. The Hall–Kier alpha value is -2.75. The van der Waals surface area contributed by atoms with Gasteiger partial charge in [-0.15, -0.1) is 0 Å². The van der Waals surface area contributed by atoms with E-state index in [1.165, 1.54) is 11.3 Å². The molecular weight excluding hydrogens is 260 g/mol. The van der Waals surface area contributed by atoms with Gasteiger partial charge in [0.25, 0.3) is 0 Å². The second-order valence-electron chi connectivity index (χ2n) is 5.18. The highest BCUT2D eigenvalue weighted by Crippen LogP contribution is 2.35. The zero-order valence-corrected chi connectivity index (χ0v) is 11.8. The van der Waals surface area contributed by atoms with Crippen LogP contribution in [0.5, 0.6) is 0 Å². The van der Waals surface area contributed by atoms with Crippen LogP contribution >= 0.6 is 0 Å². The minimum atomic E-state index is 0.106. The van der Waals surface area contributed by atoms with E-state index < -0.39 is 0 Å². The standard InChI is InChI=1S/C17H16N4/c1-20-15-9-10-18-12-14(15)19-17(13-6-3-2-4-7-13)16-8-5-11-21(16)20/h2-12,17,19H,1H3. The minimum absolute atomic E-state index is 0.106. The van der Waals surface area contributed by atoms with Crippen molar-refractivity contribution in [2.24, 2.45) is 0 Å². The van der Waals surface area contributed by atoms with E-state index in [0.29, 0.717) is 0 Å². The van der Waals surface area contributed by atoms with Gasteiger partial charge in [0, 0.05) is 19.4 Å². The molecule has 1 aliphatic rings. The molecule has 1 atom stereocenters. The van der Waals surface area contributed by atoms with Gasteiger partial charge in [-0.3, -0.25) is 14.7 Å². The van der Waals surface area contributed by atoms with Gasteiger partial charge in [0.15, 0.2) is 0 Å². The third kappa shape index (κ3) is 1.88. The topological polar surface area (TPSA) is 33.1 Å². The molecule has 1 aromatic carbocycles. The minimum Gasteiger partial charge on any atom is -0.370 e. The largest absolute Gasteiger partial charge is 0.370 e. The molecule has 2 aromatic heterocycles. The highest BCUT2D eigenvalue weighted by Gasteiger charge is 2.25. The van der Waals surface area contributed by atoms with Gasteiger partial charge in [-0.1, -0.05) is 30.3 Å². The summed E-state index contributed by atoms with van der Waals surface area (Å²) in [7, 11) is 2.07. The average molecular weight is 276 g/mol. The Bertz CT molecular complexity index is 763. The van der Waals surface area contributed by atoms with Gasteiger partial charge in [-0.25, -0.2) is 0 Å². The molecule has 0 radical (unpaired) electrons. The number of nitrogens with one attached hydrogen (secondary N) is 1. The van der Waals surface area contributed by atoms with Crippen molar-refractivity contribution in [1.29, 1.82) is 0 Å². The molecule has 0 aliphatic carbocycles. The van der Waals surface area contributed by atoms with Gasteiger partial charge in [0.1, 0.15) is 0 Å². The zero-order chi connectivity index (χ0) is 14.2. The summed E-state index contributed by atoms with van der Waals surface area (Å²) in [4.78, 5) is 4.25. The number of aromatic nitrogens is 2. The molecule has 0 saturated carbocycles. The Morgan fingerprint density at radius 2 is 1.90 bits per heavy atom. The zero-order valence-electron chi connectivity index (χ0n) is 11.8. The van der Waals surface area contributed by atoms with Crippen molar-refractivity contribution in [3.05, 3.63) is 78.4 Å². The van der Waals surface area contributed by atoms with Crippen LogP contribution in [-0.4, -0.2) is 16.7 Å². The Balaban J connectivity index is 1.92. The maximum Gasteiger partial charge on any atom is 0.0940 e. The van der Waals surface area contributed by atoms with E-state index in [2.05, 4.69) is 69.6 Å². The van der Waals surface area contributed by atoms with Gasteiger partial charge in [0.2, 0.25) is 0 Å². The Kier molecular flexibility index (Phi) is 2.67. The van der Waals surface area contributed by atoms with Gasteiger partial charge >= 0.3 is 0 Å². The van der Waals surface area contributed by atoms with E-state index in [1.807, 2.05) is 24.5 Å². The monoisotopic (exact) mass is 276 g/mol. The van der Waals surface area contributed by atoms with Crippen molar-refractivity contribution < 1.29 is 0 Å². The molecule has 1 aliphatic heterocycles. The molecule has 104 valence electrons. The summed E-state index contributed by atoms with van der Waals surface area (Å²) < 4.78 is 2.18. The van der Waals surface area contributed by atoms with Gasteiger partial charge in [-0.05, 0) is 23.8 Å². The first-order valence-corrected chi connectivity index (χ1v) is 7.01. The SMILES string of the molecule is CN1c2ccncc2NC(c2ccccc2)c2cccn21. The van der Waals surface area contributed by atoms with Crippen LogP contribution in [0.25, 0.3) is 0 Å². The molecule has 0 bridgehead atoms. The lowest BCUT2D eigenvalue weighted by Gasteiger charge is -2.22. The third-order valence-electron chi connectivity index (χ3n) is 3.96. The maximum atomic E-state index is 4.25. The lowest BCUT2D eigenvalue weighted by atomic mass is 10.0. The average Bonchev–Trinajstić information content (AvgIpc) is 2.98. The predicted molar refractivity (Wildman–Crippen MR) is 84.4 cm³/mol. The van der Waals surface area contributed by atoms with Crippen molar-refractivity contribution in [3.63, 3.8) is 0 Å². The van der Waals surface area contributed by atoms with E-state index in [-0.39, 0.29) is 6.04 Å². The quantitative estimate of drug-likeness (QED) is 0.740. The molecule has 3 heterocycles. The lowest BCUT2D eigenvalue weighted by Crippen LogP contribution is -2.25. The molecular formula is C17H16N4. The highest BCUT2D eigenvalue weighted by atomic mass is 15.5. The fourth-order valence-corrected chi connectivity index (χ4v) is 2.91. The number of hydrogen-bond donors (Lipinski definition) is 1. The second-order valence-corrected chi connectivity index (χ2v) is 5.18. The summed E-state index contributed by atoms with van der Waals surface area (Å²) in [6, 6.07) is 16.9. The van der Waals surface area contributed by atoms with E-state index in [9.17, 15) is 0 Å². The Labute approximate surface area is 123 Å². The molecule has 21 heavy (non-hydrogen) atoms. The van der Waals surface area contributed by atoms with Crippen molar-refractivity contribution in [2.45, 2.75) is 6.04 Å². The van der Waals surface area contributed by atoms with Crippen LogP contribution in [-0.2, 0) is 0 Å². The van der Waals surface area contributed by atoms with E-state index in [1.54, 1.807) is 0 Å². The lowest BCUT2D eigenvalue weighted by molar-refractivity contribution is 0.720. The fourth-order valence-electron chi connectivity index (χ4n) is 2.91. The summed E-state index contributed by atoms with van der Waals surface area (Å²) >= 11 is 0. The fraction of sp³-hybridized carbons (Fsp3) is 0.118. The summed E-state index contributed by atoms with van der Waals surface area (Å²) in [5, 5.41) is 5.76. The summed E-state index contributed by atoms with van der Waals surface area (Å²) in [6.07, 6.45) is 5.79. The second kappa shape index (κ2) is 4.66. The van der Waals surface area contributed by atoms with Crippen LogP contribution in [0.15, 0.2) is 67.1 Å². The van der Waals surface area contributed by atoms with Crippen molar-refractivity contribution >= 4 is 11.4 Å². The van der Waals surface area contributed by atoms with Crippen molar-refractivity contribution in [2.75, 3.05) is 17.4 Å². The molecule has 0 spiro atoms. The number of hydrogen-bond acceptors (Lipinski definition) is 3. The van der Waals surface area contributed by atoms with Crippen LogP contribution in [0.2, 0.25) is 0 Å². The van der Waals surface area contributed by atoms with Gasteiger partial charge in [0.05, 0.1) is 29.3 Å². The summed E-state index contributed by atoms with van der Waals surface area (Å²) in [5.41, 5.74) is 4.60. The van der Waals surface area contributed by atoms with E-state index in [4.69, 9.17) is 0 Å². The van der Waals surface area contributed by atoms with Crippen LogP contribution in [0.4, 0.5) is 11.4 Å². The van der Waals surface area contributed by atoms with E-state index >= 15 is 0 Å². The van der Waals surface area contributed by atoms with Crippen LogP contribution in [0.1, 0.15) is 17.3 Å². The molecule has 0 saturated heterocycles. The number of fused-ring (bicyclic) bond motifs is 2. The first kappa shape index (κ1) is 12.0. The first-order valence-electron chi connectivity index (χ1n) is 7.01. The summed E-state index contributed by atoms with van der Waals surface area (Å²) in [6.45, 7) is 0. The Morgan fingerprint density at radius 3 is 2.76 bits per heavy atom. The molecule has 4 rings (SSSR count). The molecule has 0 fully saturated rings. The predicted octanol–water partition coefficient (Wildman–Crippen LogP) is 3.30. The first-order chi connectivity index (χ1) is 10.3. The Morgan fingerprint density at radius 1 is 1.05 bits per heavy atom. The highest BCUT2D eigenvalue weighted by molar-refractivity contribution is 5.71. The maximum absolute atomic E-state index is 4.25. The number of pyridine rings is 1. The molecule has 4 nitrogen and oxygen atoms in total. The number of rotatable bonds is 1. The molecule has 1 unspecified atom stereocenters.